The van der Waals surface area contributed by atoms with Crippen LogP contribution >= 0.6 is 0 Å². The highest BCUT2D eigenvalue weighted by atomic mass is 16.6. The minimum absolute atomic E-state index is 0.0968. The Labute approximate surface area is 351 Å². The van der Waals surface area contributed by atoms with Gasteiger partial charge in [-0.1, -0.05) is 197 Å². The third-order valence-corrected chi connectivity index (χ3v) is 10.0. The molecule has 0 bridgehead atoms. The van der Waals surface area contributed by atoms with Gasteiger partial charge in [0.15, 0.2) is 6.10 Å². The van der Waals surface area contributed by atoms with Crippen molar-refractivity contribution in [2.75, 3.05) is 13.2 Å². The van der Waals surface area contributed by atoms with Crippen LogP contribution in [0.15, 0.2) is 60.8 Å². The van der Waals surface area contributed by atoms with Crippen LogP contribution in [-0.4, -0.2) is 37.2 Å². The van der Waals surface area contributed by atoms with Gasteiger partial charge in [-0.2, -0.15) is 0 Å². The van der Waals surface area contributed by atoms with Gasteiger partial charge >= 0.3 is 17.9 Å². The van der Waals surface area contributed by atoms with Crippen LogP contribution in [0.2, 0.25) is 0 Å². The Bertz CT molecular complexity index is 1050. The quantitative estimate of drug-likeness (QED) is 0.0201. The van der Waals surface area contributed by atoms with E-state index in [1.165, 1.54) is 96.3 Å². The van der Waals surface area contributed by atoms with E-state index in [4.69, 9.17) is 14.2 Å². The Morgan fingerprint density at radius 2 is 0.754 bits per heavy atom. The molecule has 6 heteroatoms. The van der Waals surface area contributed by atoms with Gasteiger partial charge in [-0.25, -0.2) is 0 Å². The Hall–Kier alpha value is -2.89. The second kappa shape index (κ2) is 45.8. The zero-order chi connectivity index (χ0) is 41.5. The molecule has 0 heterocycles. The van der Waals surface area contributed by atoms with Crippen LogP contribution in [0, 0.1) is 0 Å². The fourth-order valence-electron chi connectivity index (χ4n) is 6.43. The molecule has 1 atom stereocenters. The summed E-state index contributed by atoms with van der Waals surface area (Å²) in [4.78, 5) is 37.8. The number of rotatable bonds is 42. The Morgan fingerprint density at radius 3 is 1.26 bits per heavy atom. The lowest BCUT2D eigenvalue weighted by molar-refractivity contribution is -0.167. The van der Waals surface area contributed by atoms with Gasteiger partial charge in [0.2, 0.25) is 0 Å². The number of unbranched alkanes of at least 4 members (excludes halogenated alkanes) is 22. The predicted octanol–water partition coefficient (Wildman–Crippen LogP) is 15.3. The first kappa shape index (κ1) is 54.1. The lowest BCUT2D eigenvalue weighted by atomic mass is 10.0. The van der Waals surface area contributed by atoms with Crippen molar-refractivity contribution in [2.24, 2.45) is 0 Å². The van der Waals surface area contributed by atoms with Crippen molar-refractivity contribution >= 4 is 17.9 Å². The standard InChI is InChI=1S/C51H88O6/c1-4-7-10-13-16-19-22-24-25-26-27-30-32-35-38-41-44-50(53)56-47-48(46-55-49(52)43-40-37-34-31-28-21-18-15-12-9-6-3)57-51(54)45-42-39-36-33-29-23-20-17-14-11-8-5-2/h8,11,15,17-18,20-21,28-29,33,48H,4-7,9-10,12-14,16,19,22-27,30-32,34-47H2,1-3H3/b11-8-,18-15-,20-17-,28-21-,33-29-. The van der Waals surface area contributed by atoms with Crippen LogP contribution < -0.4 is 0 Å². The molecule has 0 saturated heterocycles. The summed E-state index contributed by atoms with van der Waals surface area (Å²) in [6.45, 7) is 6.41. The molecule has 328 valence electrons. The van der Waals surface area contributed by atoms with Gasteiger partial charge in [0.25, 0.3) is 0 Å². The van der Waals surface area contributed by atoms with E-state index in [0.29, 0.717) is 19.3 Å². The zero-order valence-corrected chi connectivity index (χ0v) is 37.3. The van der Waals surface area contributed by atoms with E-state index in [1.54, 1.807) is 0 Å². The van der Waals surface area contributed by atoms with Gasteiger partial charge in [-0.3, -0.25) is 14.4 Å². The number of carbonyl (C=O) groups excluding carboxylic acids is 3. The average Bonchev–Trinajstić information content (AvgIpc) is 3.21. The lowest BCUT2D eigenvalue weighted by Gasteiger charge is -2.18. The van der Waals surface area contributed by atoms with E-state index in [2.05, 4.69) is 81.5 Å². The topological polar surface area (TPSA) is 78.9 Å². The SMILES string of the molecule is CC/C=C\C/C=C\C/C=C\CCCCC(=O)OC(COC(=O)CCCCC/C=C\C=C/CCCC)COC(=O)CCCCCCCCCCCCCCCCCC. The van der Waals surface area contributed by atoms with Gasteiger partial charge in [-0.15, -0.1) is 0 Å². The molecule has 0 aromatic heterocycles. The zero-order valence-electron chi connectivity index (χ0n) is 37.3. The van der Waals surface area contributed by atoms with Crippen molar-refractivity contribution in [3.63, 3.8) is 0 Å². The first-order valence-corrected chi connectivity index (χ1v) is 23.8. The highest BCUT2D eigenvalue weighted by Gasteiger charge is 2.19. The fourth-order valence-corrected chi connectivity index (χ4v) is 6.43. The first-order valence-electron chi connectivity index (χ1n) is 23.8. The Balaban J connectivity index is 4.41. The molecule has 0 aliphatic carbocycles. The molecule has 0 aromatic rings. The van der Waals surface area contributed by atoms with Gasteiger partial charge in [0, 0.05) is 19.3 Å². The van der Waals surface area contributed by atoms with E-state index in [-0.39, 0.29) is 37.5 Å². The van der Waals surface area contributed by atoms with Crippen molar-refractivity contribution < 1.29 is 28.6 Å². The molecule has 0 saturated carbocycles. The number of hydrogen-bond donors (Lipinski definition) is 0. The average molecular weight is 797 g/mol. The molecule has 0 rings (SSSR count). The van der Waals surface area contributed by atoms with Crippen molar-refractivity contribution in [3.8, 4) is 0 Å². The molecule has 0 N–H and O–H groups in total. The van der Waals surface area contributed by atoms with Crippen LogP contribution in [0.25, 0.3) is 0 Å². The normalized spacial score (nSPS) is 12.5. The van der Waals surface area contributed by atoms with Crippen LogP contribution in [0.5, 0.6) is 0 Å². The van der Waals surface area contributed by atoms with E-state index < -0.39 is 6.10 Å². The number of carbonyl (C=O) groups is 3. The van der Waals surface area contributed by atoms with Gasteiger partial charge in [0.05, 0.1) is 0 Å². The van der Waals surface area contributed by atoms with E-state index >= 15 is 0 Å². The maximum atomic E-state index is 12.7. The molecule has 1 unspecified atom stereocenters. The fraction of sp³-hybridized carbons (Fsp3) is 0.745. The maximum absolute atomic E-state index is 12.7. The third-order valence-electron chi connectivity index (χ3n) is 10.0. The number of ether oxygens (including phenoxy) is 3. The minimum atomic E-state index is -0.800. The molecule has 57 heavy (non-hydrogen) atoms. The molecule has 0 aliphatic rings. The lowest BCUT2D eigenvalue weighted by Crippen LogP contribution is -2.30. The van der Waals surface area contributed by atoms with Crippen molar-refractivity contribution in [3.05, 3.63) is 60.8 Å². The van der Waals surface area contributed by atoms with E-state index in [9.17, 15) is 14.4 Å². The van der Waals surface area contributed by atoms with E-state index in [1.807, 2.05) is 0 Å². The Kier molecular flexibility index (Phi) is 43.5. The van der Waals surface area contributed by atoms with Gasteiger partial charge < -0.3 is 14.2 Å². The summed E-state index contributed by atoms with van der Waals surface area (Å²) < 4.78 is 16.7. The highest BCUT2D eigenvalue weighted by molar-refractivity contribution is 5.71. The second-order valence-electron chi connectivity index (χ2n) is 15.7. The summed E-state index contributed by atoms with van der Waals surface area (Å²) in [5, 5.41) is 0. The molecule has 0 radical (unpaired) electrons. The predicted molar refractivity (Wildman–Crippen MR) is 242 cm³/mol. The summed E-state index contributed by atoms with van der Waals surface area (Å²) in [6.07, 6.45) is 55.0. The monoisotopic (exact) mass is 797 g/mol. The Morgan fingerprint density at radius 1 is 0.386 bits per heavy atom. The number of esters is 3. The molecular weight excluding hydrogens is 709 g/mol. The van der Waals surface area contributed by atoms with Crippen LogP contribution in [-0.2, 0) is 28.6 Å². The summed E-state index contributed by atoms with van der Waals surface area (Å²) in [5.41, 5.74) is 0. The number of allylic oxidation sites excluding steroid dienone is 10. The first-order chi connectivity index (χ1) is 28.0. The van der Waals surface area contributed by atoms with Crippen molar-refractivity contribution in [1.29, 1.82) is 0 Å². The summed E-state index contributed by atoms with van der Waals surface area (Å²) >= 11 is 0. The van der Waals surface area contributed by atoms with Crippen molar-refractivity contribution in [2.45, 2.75) is 232 Å². The number of hydrogen-bond acceptors (Lipinski definition) is 6. The van der Waals surface area contributed by atoms with Crippen LogP contribution in [0.1, 0.15) is 226 Å². The van der Waals surface area contributed by atoms with Gasteiger partial charge in [-0.05, 0) is 70.6 Å². The smallest absolute Gasteiger partial charge is 0.306 e. The summed E-state index contributed by atoms with van der Waals surface area (Å²) in [7, 11) is 0. The molecular formula is C51H88O6. The summed E-state index contributed by atoms with van der Waals surface area (Å²) in [6, 6.07) is 0. The molecule has 6 nitrogen and oxygen atoms in total. The van der Waals surface area contributed by atoms with Crippen LogP contribution in [0.3, 0.4) is 0 Å². The molecule has 0 fully saturated rings. The third kappa shape index (κ3) is 44.1. The van der Waals surface area contributed by atoms with Crippen LogP contribution in [0.4, 0.5) is 0 Å². The largest absolute Gasteiger partial charge is 0.462 e. The van der Waals surface area contributed by atoms with Crippen molar-refractivity contribution in [1.82, 2.24) is 0 Å². The molecule has 0 amide bonds. The minimum Gasteiger partial charge on any atom is -0.462 e. The molecule has 0 spiro atoms. The molecule has 0 aromatic carbocycles. The maximum Gasteiger partial charge on any atom is 0.306 e. The highest BCUT2D eigenvalue weighted by Crippen LogP contribution is 2.15. The van der Waals surface area contributed by atoms with Gasteiger partial charge in [0.1, 0.15) is 13.2 Å². The van der Waals surface area contributed by atoms with E-state index in [0.717, 1.165) is 83.5 Å². The molecule has 0 aliphatic heterocycles. The second-order valence-corrected chi connectivity index (χ2v) is 15.7. The summed E-state index contributed by atoms with van der Waals surface area (Å²) in [5.74, 6) is -0.966.